The maximum atomic E-state index is 12.4. The Labute approximate surface area is 103 Å². The lowest BCUT2D eigenvalue weighted by atomic mass is 9.83. The van der Waals surface area contributed by atoms with Gasteiger partial charge >= 0.3 is 0 Å². The van der Waals surface area contributed by atoms with E-state index in [-0.39, 0.29) is 11.6 Å². The van der Waals surface area contributed by atoms with Crippen molar-refractivity contribution in [3.8, 4) is 0 Å². The fourth-order valence-electron chi connectivity index (χ4n) is 2.27. The zero-order valence-electron chi connectivity index (χ0n) is 9.44. The molecule has 0 radical (unpaired) electrons. The molecule has 0 bridgehead atoms. The van der Waals surface area contributed by atoms with Crippen LogP contribution in [0.2, 0.25) is 0 Å². The molecule has 1 aliphatic carbocycles. The second-order valence-corrected chi connectivity index (χ2v) is 4.08. The van der Waals surface area contributed by atoms with Crippen molar-refractivity contribution in [3.63, 3.8) is 0 Å². The summed E-state index contributed by atoms with van der Waals surface area (Å²) < 4.78 is 0. The van der Waals surface area contributed by atoms with E-state index in [9.17, 15) is 9.59 Å². The van der Waals surface area contributed by atoms with Gasteiger partial charge in [0.25, 0.3) is 0 Å². The van der Waals surface area contributed by atoms with E-state index in [2.05, 4.69) is 5.43 Å². The number of carbonyl (C=O) groups excluding carboxylic acids is 2. The fourth-order valence-corrected chi connectivity index (χ4v) is 2.27. The summed E-state index contributed by atoms with van der Waals surface area (Å²) in [7, 11) is 0. The fraction of sp³-hybridized carbons (Fsp3) is 0. The average molecular weight is 238 g/mol. The molecular weight excluding hydrogens is 228 g/mol. The number of nitrogens with one attached hydrogen (secondary N) is 1. The Bertz CT molecular complexity index is 677. The highest BCUT2D eigenvalue weighted by Crippen LogP contribution is 2.31. The maximum Gasteiger partial charge on any atom is 0.196 e. The average Bonchev–Trinajstić information content (AvgIpc) is 2.44. The normalized spacial score (nSPS) is 12.9. The van der Waals surface area contributed by atoms with Crippen LogP contribution in [-0.2, 0) is 0 Å². The second kappa shape index (κ2) is 3.78. The number of ketones is 2. The number of rotatable bonds is 1. The first kappa shape index (κ1) is 10.7. The number of hydrazine groups is 1. The van der Waals surface area contributed by atoms with Crippen LogP contribution in [0.15, 0.2) is 42.5 Å². The second-order valence-electron chi connectivity index (χ2n) is 4.08. The van der Waals surface area contributed by atoms with Crippen molar-refractivity contribution >= 4 is 17.3 Å². The van der Waals surface area contributed by atoms with Crippen LogP contribution in [0.1, 0.15) is 31.8 Å². The molecule has 4 heteroatoms. The molecule has 3 rings (SSSR count). The van der Waals surface area contributed by atoms with E-state index in [1.54, 1.807) is 42.5 Å². The van der Waals surface area contributed by atoms with Gasteiger partial charge in [-0.2, -0.15) is 0 Å². The minimum atomic E-state index is -0.172. The predicted molar refractivity (Wildman–Crippen MR) is 67.6 cm³/mol. The van der Waals surface area contributed by atoms with E-state index in [0.29, 0.717) is 27.9 Å². The van der Waals surface area contributed by atoms with Crippen molar-refractivity contribution in [1.82, 2.24) is 0 Å². The van der Waals surface area contributed by atoms with E-state index < -0.39 is 0 Å². The number of hydrogen-bond acceptors (Lipinski definition) is 4. The van der Waals surface area contributed by atoms with Gasteiger partial charge in [-0.1, -0.05) is 36.4 Å². The van der Waals surface area contributed by atoms with Crippen molar-refractivity contribution in [3.05, 3.63) is 64.7 Å². The number of fused-ring (bicyclic) bond motifs is 2. The summed E-state index contributed by atoms with van der Waals surface area (Å²) in [6.45, 7) is 0. The molecule has 1 aliphatic rings. The van der Waals surface area contributed by atoms with Crippen molar-refractivity contribution in [2.75, 3.05) is 5.43 Å². The van der Waals surface area contributed by atoms with Crippen LogP contribution in [-0.4, -0.2) is 11.6 Å². The van der Waals surface area contributed by atoms with E-state index >= 15 is 0 Å². The number of benzene rings is 2. The van der Waals surface area contributed by atoms with Gasteiger partial charge in [0, 0.05) is 16.7 Å². The third kappa shape index (κ3) is 1.30. The van der Waals surface area contributed by atoms with Crippen molar-refractivity contribution in [1.29, 1.82) is 0 Å². The first-order valence-electron chi connectivity index (χ1n) is 5.52. The Kier molecular flexibility index (Phi) is 2.25. The van der Waals surface area contributed by atoms with Gasteiger partial charge in [-0.15, -0.1) is 0 Å². The van der Waals surface area contributed by atoms with Crippen LogP contribution >= 0.6 is 0 Å². The van der Waals surface area contributed by atoms with E-state index in [1.165, 1.54) is 0 Å². The minimum absolute atomic E-state index is 0.141. The smallest absolute Gasteiger partial charge is 0.196 e. The zero-order valence-corrected chi connectivity index (χ0v) is 9.44. The van der Waals surface area contributed by atoms with Gasteiger partial charge in [0.2, 0.25) is 0 Å². The van der Waals surface area contributed by atoms with E-state index in [0.717, 1.165) is 0 Å². The number of nitrogens with two attached hydrogens (primary N) is 1. The molecule has 0 unspecified atom stereocenters. The largest absolute Gasteiger partial charge is 0.323 e. The first-order chi connectivity index (χ1) is 8.74. The van der Waals surface area contributed by atoms with Gasteiger partial charge < -0.3 is 5.43 Å². The van der Waals surface area contributed by atoms with Gasteiger partial charge in [-0.05, 0) is 6.07 Å². The molecule has 0 aromatic heterocycles. The summed E-state index contributed by atoms with van der Waals surface area (Å²) >= 11 is 0. The lowest BCUT2D eigenvalue weighted by Gasteiger charge is -2.19. The number of anilines is 1. The molecule has 18 heavy (non-hydrogen) atoms. The first-order valence-corrected chi connectivity index (χ1v) is 5.52. The Morgan fingerprint density at radius 2 is 1.39 bits per heavy atom. The molecule has 88 valence electrons. The topological polar surface area (TPSA) is 72.2 Å². The van der Waals surface area contributed by atoms with E-state index in [4.69, 9.17) is 5.84 Å². The van der Waals surface area contributed by atoms with Crippen molar-refractivity contribution < 1.29 is 9.59 Å². The van der Waals surface area contributed by atoms with Gasteiger partial charge in [-0.3, -0.25) is 15.4 Å². The Morgan fingerprint density at radius 1 is 0.778 bits per heavy atom. The molecule has 0 amide bonds. The third-order valence-corrected chi connectivity index (χ3v) is 3.11. The maximum absolute atomic E-state index is 12.4. The van der Waals surface area contributed by atoms with Crippen LogP contribution in [0.4, 0.5) is 5.69 Å². The van der Waals surface area contributed by atoms with Gasteiger partial charge in [0.15, 0.2) is 11.6 Å². The van der Waals surface area contributed by atoms with Crippen LogP contribution in [0.3, 0.4) is 0 Å². The molecule has 0 heterocycles. The van der Waals surface area contributed by atoms with E-state index in [1.807, 2.05) is 0 Å². The number of hydrogen-bond donors (Lipinski definition) is 2. The molecule has 0 atom stereocenters. The molecule has 0 saturated heterocycles. The van der Waals surface area contributed by atoms with Crippen LogP contribution in [0.25, 0.3) is 0 Å². The minimum Gasteiger partial charge on any atom is -0.323 e. The number of carbonyl (C=O) groups is 2. The molecule has 0 fully saturated rings. The number of nitrogen functional groups attached to an aromatic ring is 1. The van der Waals surface area contributed by atoms with Crippen LogP contribution in [0.5, 0.6) is 0 Å². The summed E-state index contributed by atoms with van der Waals surface area (Å²) in [5, 5.41) is 0. The molecule has 2 aromatic carbocycles. The Morgan fingerprint density at radius 3 is 2.06 bits per heavy atom. The lowest BCUT2D eigenvalue weighted by Crippen LogP contribution is -2.23. The standard InChI is InChI=1S/C14H10N2O2/c15-16-11-7-3-6-10-12(11)14(18)9-5-2-1-4-8(9)13(10)17/h1-7,16H,15H2. The summed E-state index contributed by atoms with van der Waals surface area (Å²) in [4.78, 5) is 24.7. The molecule has 4 nitrogen and oxygen atoms in total. The van der Waals surface area contributed by atoms with Crippen molar-refractivity contribution in [2.24, 2.45) is 5.84 Å². The predicted octanol–water partition coefficient (Wildman–Crippen LogP) is 1.75. The van der Waals surface area contributed by atoms with Gasteiger partial charge in [0.1, 0.15) is 0 Å². The summed E-state index contributed by atoms with van der Waals surface area (Å²) in [6, 6.07) is 11.8. The third-order valence-electron chi connectivity index (χ3n) is 3.11. The molecule has 0 spiro atoms. The Hall–Kier alpha value is -2.46. The van der Waals surface area contributed by atoms with Crippen LogP contribution in [0, 0.1) is 0 Å². The highest BCUT2D eigenvalue weighted by atomic mass is 16.1. The van der Waals surface area contributed by atoms with Crippen LogP contribution < -0.4 is 11.3 Å². The highest BCUT2D eigenvalue weighted by molar-refractivity contribution is 6.30. The molecule has 3 N–H and O–H groups in total. The summed E-state index contributed by atoms with van der Waals surface area (Å²) in [5.41, 5.74) is 4.56. The van der Waals surface area contributed by atoms with Gasteiger partial charge in [-0.25, -0.2) is 0 Å². The van der Waals surface area contributed by atoms with Crippen molar-refractivity contribution in [2.45, 2.75) is 0 Å². The summed E-state index contributed by atoms with van der Waals surface area (Å²) in [5.74, 6) is 5.07. The quantitative estimate of drug-likeness (QED) is 0.500. The molecule has 0 aliphatic heterocycles. The molecule has 2 aromatic rings. The van der Waals surface area contributed by atoms with Gasteiger partial charge in [0.05, 0.1) is 11.3 Å². The SMILES string of the molecule is NNc1cccc2c1C(=O)c1ccccc1C2=O. The highest BCUT2D eigenvalue weighted by Gasteiger charge is 2.30. The lowest BCUT2D eigenvalue weighted by molar-refractivity contribution is 0.0979. The molecule has 0 saturated carbocycles. The summed E-state index contributed by atoms with van der Waals surface area (Å²) in [6.07, 6.45) is 0. The monoisotopic (exact) mass is 238 g/mol. The Balaban J connectivity index is 2.34. The zero-order chi connectivity index (χ0) is 12.7. The molecular formula is C14H10N2O2.